The first-order valence-corrected chi connectivity index (χ1v) is 10.5. The van der Waals surface area contributed by atoms with E-state index in [1.165, 1.54) is 0 Å². The highest BCUT2D eigenvalue weighted by Gasteiger charge is 2.29. The zero-order chi connectivity index (χ0) is 24.9. The van der Waals surface area contributed by atoms with Crippen LogP contribution in [0.5, 0.6) is 0 Å². The third-order valence-electron chi connectivity index (χ3n) is 5.46. The highest BCUT2D eigenvalue weighted by atomic mass is 16.5. The number of anilines is 1. The lowest BCUT2D eigenvalue weighted by molar-refractivity contribution is -0.147. The summed E-state index contributed by atoms with van der Waals surface area (Å²) in [5.41, 5.74) is 4.29. The van der Waals surface area contributed by atoms with Crippen LogP contribution < -0.4 is 10.6 Å². The van der Waals surface area contributed by atoms with Gasteiger partial charge in [-0.15, -0.1) is 5.10 Å². The van der Waals surface area contributed by atoms with Crippen LogP contribution >= 0.6 is 0 Å². The summed E-state index contributed by atoms with van der Waals surface area (Å²) in [4.78, 5) is 51.0. The first-order valence-electron chi connectivity index (χ1n) is 10.5. The van der Waals surface area contributed by atoms with E-state index in [1.807, 2.05) is 48.5 Å². The van der Waals surface area contributed by atoms with Gasteiger partial charge >= 0.3 is 18.0 Å². The van der Waals surface area contributed by atoms with Crippen molar-refractivity contribution in [3.05, 3.63) is 65.5 Å². The van der Waals surface area contributed by atoms with Crippen molar-refractivity contribution in [3.63, 3.8) is 0 Å². The van der Waals surface area contributed by atoms with E-state index in [2.05, 4.69) is 30.6 Å². The number of aromatic nitrogens is 3. The van der Waals surface area contributed by atoms with Gasteiger partial charge in [0.25, 0.3) is 11.9 Å². The molecule has 0 bridgehead atoms. The smallest absolute Gasteiger partial charge is 0.414 e. The first-order chi connectivity index (χ1) is 16.9. The number of carbonyl (C=O) groups is 4. The molecule has 1 aliphatic carbocycles. The largest absolute Gasteiger partial charge is 0.480 e. The Bertz CT molecular complexity index is 1240. The van der Waals surface area contributed by atoms with Crippen LogP contribution in [0.1, 0.15) is 34.1 Å². The third kappa shape index (κ3) is 5.11. The molecule has 0 aliphatic heterocycles. The Morgan fingerprint density at radius 2 is 1.69 bits per heavy atom. The van der Waals surface area contributed by atoms with Crippen LogP contribution in [0.2, 0.25) is 0 Å². The summed E-state index contributed by atoms with van der Waals surface area (Å²) in [5.74, 6) is -3.92. The number of fused-ring (bicyclic) bond motifs is 3. The lowest BCUT2D eigenvalue weighted by Crippen LogP contribution is -2.42. The molecule has 2 aromatic carbocycles. The van der Waals surface area contributed by atoms with Gasteiger partial charge in [0.2, 0.25) is 5.82 Å². The van der Waals surface area contributed by atoms with Crippen LogP contribution in [0.3, 0.4) is 0 Å². The molecule has 0 radical (unpaired) electrons. The molecular weight excluding hydrogens is 458 g/mol. The quantitative estimate of drug-likeness (QED) is 0.352. The Labute approximate surface area is 198 Å². The normalized spacial score (nSPS) is 12.7. The van der Waals surface area contributed by atoms with Gasteiger partial charge in [-0.3, -0.25) is 20.0 Å². The molecule has 0 saturated carbocycles. The summed E-state index contributed by atoms with van der Waals surface area (Å²) in [6.07, 6.45) is -1.40. The van der Waals surface area contributed by atoms with Gasteiger partial charge in [-0.05, 0) is 22.3 Å². The minimum Gasteiger partial charge on any atom is -0.480 e. The minimum absolute atomic E-state index is 0.0748. The molecule has 0 unspecified atom stereocenters. The number of carbonyl (C=O) groups excluding carboxylic acids is 3. The molecule has 1 aromatic heterocycles. The Kier molecular flexibility index (Phi) is 6.71. The number of aromatic amines is 1. The molecule has 4 N–H and O–H groups in total. The number of rotatable bonds is 8. The maximum Gasteiger partial charge on any atom is 0.414 e. The number of carboxylic acid groups (broad SMARTS) is 1. The molecular formula is C23H21N5O7. The minimum atomic E-state index is -1.53. The van der Waals surface area contributed by atoms with E-state index in [0.29, 0.717) is 0 Å². The number of carboxylic acids is 1. The summed E-state index contributed by atoms with van der Waals surface area (Å²) in [5, 5.41) is 19.6. The van der Waals surface area contributed by atoms with E-state index in [1.54, 1.807) is 0 Å². The van der Waals surface area contributed by atoms with Crippen molar-refractivity contribution in [2.24, 2.45) is 0 Å². The summed E-state index contributed by atoms with van der Waals surface area (Å²) < 4.78 is 9.81. The molecule has 35 heavy (non-hydrogen) atoms. The van der Waals surface area contributed by atoms with Gasteiger partial charge in [-0.2, -0.15) is 4.98 Å². The SMILES string of the molecule is COC(=O)C[C@@H](NC(=O)c1nc(NC(=O)OCC2c3ccccc3-c3ccccc32)n[nH]1)C(=O)O. The van der Waals surface area contributed by atoms with Crippen molar-refractivity contribution in [2.75, 3.05) is 19.0 Å². The molecule has 0 fully saturated rings. The molecule has 2 amide bonds. The standard InChI is InChI=1S/C23H21N5O7/c1-34-18(29)10-17(21(31)32)24-20(30)19-25-22(28-27-19)26-23(33)35-11-16-14-8-4-2-6-12(14)13-7-3-5-9-15(13)16/h2-9,16-17H,10-11H2,1H3,(H,24,30)(H,31,32)(H2,25,26,27,28,33)/t17-/m1/s1. The average Bonchev–Trinajstić information content (AvgIpc) is 3.45. The molecule has 0 saturated heterocycles. The number of nitrogens with zero attached hydrogens (tertiary/aromatic N) is 2. The van der Waals surface area contributed by atoms with Crippen LogP contribution in [-0.2, 0) is 19.1 Å². The lowest BCUT2D eigenvalue weighted by atomic mass is 9.98. The number of amides is 2. The number of aliphatic carboxylic acids is 1. The van der Waals surface area contributed by atoms with E-state index >= 15 is 0 Å². The maximum absolute atomic E-state index is 12.3. The molecule has 4 rings (SSSR count). The van der Waals surface area contributed by atoms with Gasteiger partial charge < -0.3 is 19.9 Å². The van der Waals surface area contributed by atoms with Gasteiger partial charge in [0, 0.05) is 5.92 Å². The second kappa shape index (κ2) is 10.0. The Hall–Kier alpha value is -4.74. The van der Waals surface area contributed by atoms with Crippen molar-refractivity contribution >= 4 is 29.9 Å². The number of esters is 1. The van der Waals surface area contributed by atoms with Crippen molar-refractivity contribution < 1.29 is 33.8 Å². The van der Waals surface area contributed by atoms with Crippen molar-refractivity contribution in [1.82, 2.24) is 20.5 Å². The Balaban J connectivity index is 1.35. The predicted octanol–water partition coefficient (Wildman–Crippen LogP) is 1.91. The van der Waals surface area contributed by atoms with Gasteiger partial charge in [0.05, 0.1) is 13.5 Å². The number of nitrogens with one attached hydrogen (secondary N) is 3. The first kappa shape index (κ1) is 23.4. The summed E-state index contributed by atoms with van der Waals surface area (Å²) >= 11 is 0. The van der Waals surface area contributed by atoms with Crippen LogP contribution in [0.15, 0.2) is 48.5 Å². The van der Waals surface area contributed by atoms with Gasteiger partial charge in [0.15, 0.2) is 0 Å². The number of ether oxygens (including phenoxy) is 2. The summed E-state index contributed by atoms with van der Waals surface area (Å²) in [6, 6.07) is 14.3. The fourth-order valence-corrected chi connectivity index (χ4v) is 3.82. The molecule has 0 spiro atoms. The monoisotopic (exact) mass is 479 g/mol. The lowest BCUT2D eigenvalue weighted by Gasteiger charge is -2.13. The topological polar surface area (TPSA) is 173 Å². The fraction of sp³-hybridized carbons (Fsp3) is 0.217. The number of methoxy groups -OCH3 is 1. The molecule has 12 nitrogen and oxygen atoms in total. The van der Waals surface area contributed by atoms with E-state index < -0.39 is 36.4 Å². The van der Waals surface area contributed by atoms with Gasteiger partial charge in [-0.25, -0.2) is 9.59 Å². The number of benzene rings is 2. The molecule has 1 atom stereocenters. The molecule has 1 aliphatic rings. The van der Waals surface area contributed by atoms with Crippen LogP contribution in [-0.4, -0.2) is 64.0 Å². The zero-order valence-electron chi connectivity index (χ0n) is 18.5. The van der Waals surface area contributed by atoms with Crippen molar-refractivity contribution in [1.29, 1.82) is 0 Å². The van der Waals surface area contributed by atoms with Gasteiger partial charge in [-0.1, -0.05) is 48.5 Å². The van der Waals surface area contributed by atoms with Crippen molar-refractivity contribution in [3.8, 4) is 11.1 Å². The second-order valence-corrected chi connectivity index (χ2v) is 7.60. The van der Waals surface area contributed by atoms with Crippen LogP contribution in [0.4, 0.5) is 10.7 Å². The Morgan fingerprint density at radius 1 is 1.06 bits per heavy atom. The third-order valence-corrected chi connectivity index (χ3v) is 5.46. The molecule has 12 heteroatoms. The maximum atomic E-state index is 12.3. The fourth-order valence-electron chi connectivity index (χ4n) is 3.82. The number of H-pyrrole nitrogens is 1. The highest BCUT2D eigenvalue weighted by Crippen LogP contribution is 2.44. The number of hydrogen-bond acceptors (Lipinski definition) is 8. The van der Waals surface area contributed by atoms with E-state index in [-0.39, 0.29) is 24.3 Å². The van der Waals surface area contributed by atoms with Crippen LogP contribution in [0.25, 0.3) is 11.1 Å². The predicted molar refractivity (Wildman–Crippen MR) is 121 cm³/mol. The Morgan fingerprint density at radius 3 is 2.29 bits per heavy atom. The summed E-state index contributed by atoms with van der Waals surface area (Å²) in [6.45, 7) is 0.0748. The zero-order valence-corrected chi connectivity index (χ0v) is 18.5. The summed E-state index contributed by atoms with van der Waals surface area (Å²) in [7, 11) is 1.10. The van der Waals surface area contributed by atoms with E-state index in [4.69, 9.17) is 9.84 Å². The highest BCUT2D eigenvalue weighted by molar-refractivity contribution is 5.95. The van der Waals surface area contributed by atoms with Gasteiger partial charge in [0.1, 0.15) is 12.6 Å². The van der Waals surface area contributed by atoms with E-state index in [0.717, 1.165) is 29.4 Å². The van der Waals surface area contributed by atoms with Crippen LogP contribution in [0, 0.1) is 0 Å². The van der Waals surface area contributed by atoms with Crippen molar-refractivity contribution in [2.45, 2.75) is 18.4 Å². The van der Waals surface area contributed by atoms with E-state index in [9.17, 15) is 19.2 Å². The average molecular weight is 479 g/mol. The second-order valence-electron chi connectivity index (χ2n) is 7.60. The molecule has 3 aromatic rings. The molecule has 180 valence electrons. The molecule has 1 heterocycles. The number of hydrogen-bond donors (Lipinski definition) is 4.